The lowest BCUT2D eigenvalue weighted by Gasteiger charge is -2.23. The Hall–Kier alpha value is -0.340. The molecule has 192 valence electrons. The van der Waals surface area contributed by atoms with Gasteiger partial charge in [-0.15, -0.1) is 0 Å². The fraction of sp³-hybridized carbons (Fsp3) is 0.957. The number of aliphatic hydroxyl groups is 2. The van der Waals surface area contributed by atoms with E-state index in [1.165, 1.54) is 57.8 Å². The summed E-state index contributed by atoms with van der Waals surface area (Å²) in [4.78, 5) is 21.9. The molecule has 0 amide bonds. The Morgan fingerprint density at radius 1 is 0.906 bits per heavy atom. The van der Waals surface area contributed by atoms with Crippen LogP contribution in [0, 0.1) is 5.92 Å². The van der Waals surface area contributed by atoms with Gasteiger partial charge in [0.2, 0.25) is 0 Å². The number of nitrogens with two attached hydrogens (primary N) is 1. The number of carbonyl (C=O) groups is 1. The second kappa shape index (κ2) is 20.1. The number of phosphoric ester groups is 1. The molecule has 0 spiro atoms. The number of aliphatic hydroxyl groups excluding tert-OH is 2. The first-order valence-corrected chi connectivity index (χ1v) is 13.9. The molecule has 3 atom stereocenters. The summed E-state index contributed by atoms with van der Waals surface area (Å²) in [7, 11) is -4.53. The predicted molar refractivity (Wildman–Crippen MR) is 127 cm³/mol. The van der Waals surface area contributed by atoms with Crippen LogP contribution in [0.2, 0.25) is 0 Å². The van der Waals surface area contributed by atoms with Crippen LogP contribution in [-0.4, -0.2) is 52.9 Å². The van der Waals surface area contributed by atoms with Crippen molar-refractivity contribution in [3.8, 4) is 0 Å². The van der Waals surface area contributed by atoms with Crippen molar-refractivity contribution in [1.29, 1.82) is 0 Å². The average molecular weight is 482 g/mol. The van der Waals surface area contributed by atoms with Crippen LogP contribution in [0.4, 0.5) is 0 Å². The van der Waals surface area contributed by atoms with E-state index in [9.17, 15) is 19.4 Å². The van der Waals surface area contributed by atoms with Gasteiger partial charge in [-0.3, -0.25) is 13.8 Å². The van der Waals surface area contributed by atoms with E-state index in [2.05, 4.69) is 18.4 Å². The molecule has 0 aromatic heterocycles. The van der Waals surface area contributed by atoms with Crippen LogP contribution in [-0.2, 0) is 18.4 Å². The molecule has 0 rings (SSSR count). The molecule has 0 aliphatic carbocycles. The topological polar surface area (TPSA) is 139 Å². The average Bonchev–Trinajstić information content (AvgIpc) is 2.75. The summed E-state index contributed by atoms with van der Waals surface area (Å²) in [5.74, 6) is 0.292. The van der Waals surface area contributed by atoms with Gasteiger partial charge in [-0.25, -0.2) is 4.57 Å². The number of hydrogen-bond acceptors (Lipinski definition) is 7. The van der Waals surface area contributed by atoms with Crippen LogP contribution >= 0.6 is 7.82 Å². The lowest BCUT2D eigenvalue weighted by Crippen LogP contribution is -2.38. The lowest BCUT2D eigenvalue weighted by atomic mass is 10.0. The quantitative estimate of drug-likeness (QED) is 0.124. The van der Waals surface area contributed by atoms with Crippen LogP contribution < -0.4 is 5.73 Å². The first kappa shape index (κ1) is 31.7. The Bertz CT molecular complexity index is 505. The molecule has 0 aliphatic heterocycles. The second-order valence-electron chi connectivity index (χ2n) is 9.01. The van der Waals surface area contributed by atoms with E-state index in [4.69, 9.17) is 15.4 Å². The van der Waals surface area contributed by atoms with Crippen LogP contribution in [0.1, 0.15) is 104 Å². The van der Waals surface area contributed by atoms with Gasteiger partial charge in [0.05, 0.1) is 13.2 Å². The number of phosphoric acid groups is 1. The number of carbonyl (C=O) groups excluding carboxylic acids is 1. The standard InChI is InChI=1S/C23H48NO7P/c1-20(2)15-13-11-9-7-5-3-4-6-8-10-12-14-16-21(26)23(22(27)19-25)31-32(28,29)30-18-17-24/h20,22-23,25,27H,3-19,24H2,1-2H3,(H,28,29)/t22-,23?/m0/s1. The fourth-order valence-electron chi connectivity index (χ4n) is 3.54. The van der Waals surface area contributed by atoms with E-state index in [1.807, 2.05) is 0 Å². The maximum atomic E-state index is 12.3. The highest BCUT2D eigenvalue weighted by Gasteiger charge is 2.35. The summed E-state index contributed by atoms with van der Waals surface area (Å²) >= 11 is 0. The normalized spacial score (nSPS) is 15.6. The summed E-state index contributed by atoms with van der Waals surface area (Å²) < 4.78 is 21.2. The second-order valence-corrected chi connectivity index (χ2v) is 10.4. The summed E-state index contributed by atoms with van der Waals surface area (Å²) in [5.41, 5.74) is 5.21. The highest BCUT2D eigenvalue weighted by atomic mass is 31.2. The van der Waals surface area contributed by atoms with Gasteiger partial charge < -0.3 is 20.8 Å². The smallest absolute Gasteiger partial charge is 0.394 e. The number of Topliss-reactive ketones (excluding diaryl/α,β-unsaturated/α-hetero) is 1. The molecule has 0 saturated carbocycles. The number of ketones is 1. The molecule has 8 nitrogen and oxygen atoms in total. The summed E-state index contributed by atoms with van der Waals surface area (Å²) in [5, 5.41) is 18.9. The van der Waals surface area contributed by atoms with E-state index >= 15 is 0 Å². The van der Waals surface area contributed by atoms with Crippen molar-refractivity contribution < 1.29 is 33.5 Å². The monoisotopic (exact) mass is 481 g/mol. The Labute approximate surface area is 194 Å². The van der Waals surface area contributed by atoms with Gasteiger partial charge in [0.25, 0.3) is 0 Å². The maximum Gasteiger partial charge on any atom is 0.473 e. The molecule has 2 unspecified atom stereocenters. The molecule has 5 N–H and O–H groups in total. The Morgan fingerprint density at radius 3 is 1.81 bits per heavy atom. The van der Waals surface area contributed by atoms with Crippen molar-refractivity contribution in [3.05, 3.63) is 0 Å². The van der Waals surface area contributed by atoms with Gasteiger partial charge in [0, 0.05) is 13.0 Å². The van der Waals surface area contributed by atoms with Gasteiger partial charge in [-0.05, 0) is 12.3 Å². The van der Waals surface area contributed by atoms with E-state index in [-0.39, 0.29) is 19.6 Å². The van der Waals surface area contributed by atoms with Crippen molar-refractivity contribution in [2.75, 3.05) is 19.8 Å². The molecule has 0 fully saturated rings. The Balaban J connectivity index is 3.85. The largest absolute Gasteiger partial charge is 0.473 e. The van der Waals surface area contributed by atoms with E-state index in [0.29, 0.717) is 6.42 Å². The molecule has 9 heteroatoms. The van der Waals surface area contributed by atoms with Crippen molar-refractivity contribution in [1.82, 2.24) is 0 Å². The number of rotatable bonds is 23. The van der Waals surface area contributed by atoms with E-state index in [0.717, 1.165) is 25.2 Å². The highest BCUT2D eigenvalue weighted by Crippen LogP contribution is 2.45. The first-order valence-electron chi connectivity index (χ1n) is 12.4. The SMILES string of the molecule is CC(C)CCCCCCCCCCCCCCC(=O)C(OP(=O)(O)OCCN)[C@@H](O)CO. The van der Waals surface area contributed by atoms with Crippen molar-refractivity contribution >= 4 is 13.6 Å². The fourth-order valence-corrected chi connectivity index (χ4v) is 4.49. The molecule has 0 aromatic rings. The molecule has 0 bridgehead atoms. The highest BCUT2D eigenvalue weighted by molar-refractivity contribution is 7.47. The Kier molecular flexibility index (Phi) is 19.9. The molecular formula is C23H48NO7P. The summed E-state index contributed by atoms with van der Waals surface area (Å²) in [6, 6.07) is 0. The molecule has 0 aromatic carbocycles. The van der Waals surface area contributed by atoms with E-state index < -0.39 is 32.4 Å². The van der Waals surface area contributed by atoms with Gasteiger partial charge in [-0.2, -0.15) is 0 Å². The number of hydrogen-bond donors (Lipinski definition) is 4. The van der Waals surface area contributed by atoms with E-state index in [1.54, 1.807) is 0 Å². The molecule has 0 radical (unpaired) electrons. The molecule has 0 heterocycles. The van der Waals surface area contributed by atoms with Crippen LogP contribution in [0.25, 0.3) is 0 Å². The number of unbranched alkanes of at least 4 members (excludes halogenated alkanes) is 11. The van der Waals surface area contributed by atoms with Crippen molar-refractivity contribution in [2.24, 2.45) is 11.7 Å². The third-order valence-electron chi connectivity index (χ3n) is 5.43. The zero-order valence-electron chi connectivity index (χ0n) is 20.3. The maximum absolute atomic E-state index is 12.3. The van der Waals surface area contributed by atoms with Crippen molar-refractivity contribution in [2.45, 2.75) is 116 Å². The van der Waals surface area contributed by atoms with Crippen LogP contribution in [0.3, 0.4) is 0 Å². The van der Waals surface area contributed by atoms with Crippen LogP contribution in [0.15, 0.2) is 0 Å². The van der Waals surface area contributed by atoms with Crippen molar-refractivity contribution in [3.63, 3.8) is 0 Å². The predicted octanol–water partition coefficient (Wildman–Crippen LogP) is 4.49. The minimum absolute atomic E-state index is 0.00746. The first-order chi connectivity index (χ1) is 15.2. The lowest BCUT2D eigenvalue weighted by molar-refractivity contribution is -0.134. The van der Waals surface area contributed by atoms with Gasteiger partial charge in [0.1, 0.15) is 6.10 Å². The van der Waals surface area contributed by atoms with Gasteiger partial charge in [0.15, 0.2) is 11.9 Å². The van der Waals surface area contributed by atoms with Gasteiger partial charge in [-0.1, -0.05) is 90.9 Å². The van der Waals surface area contributed by atoms with Gasteiger partial charge >= 0.3 is 7.82 Å². The minimum atomic E-state index is -4.53. The summed E-state index contributed by atoms with van der Waals surface area (Å²) in [6.07, 6.45) is 12.3. The third-order valence-corrected chi connectivity index (χ3v) is 6.43. The zero-order valence-corrected chi connectivity index (χ0v) is 21.1. The molecular weight excluding hydrogens is 433 g/mol. The Morgan fingerprint density at radius 2 is 1.38 bits per heavy atom. The van der Waals surface area contributed by atoms with Crippen LogP contribution in [0.5, 0.6) is 0 Å². The molecule has 0 saturated heterocycles. The summed E-state index contributed by atoms with van der Waals surface area (Å²) in [6.45, 7) is 3.59. The minimum Gasteiger partial charge on any atom is -0.394 e. The molecule has 0 aliphatic rings. The molecule has 32 heavy (non-hydrogen) atoms. The zero-order chi connectivity index (χ0) is 24.2. The third kappa shape index (κ3) is 18.1.